The van der Waals surface area contributed by atoms with Gasteiger partial charge in [-0.1, -0.05) is 15.9 Å². The zero-order chi connectivity index (χ0) is 14.0. The summed E-state index contributed by atoms with van der Waals surface area (Å²) < 4.78 is 0.723. The van der Waals surface area contributed by atoms with Gasteiger partial charge in [-0.15, -0.1) is 11.3 Å². The Morgan fingerprint density at radius 3 is 2.68 bits per heavy atom. The summed E-state index contributed by atoms with van der Waals surface area (Å²) in [5.41, 5.74) is 6.92. The second-order valence-corrected chi connectivity index (χ2v) is 5.60. The summed E-state index contributed by atoms with van der Waals surface area (Å²) in [5, 5.41) is 4.62. The Labute approximate surface area is 122 Å². The minimum Gasteiger partial charge on any atom is -0.399 e. The first-order chi connectivity index (χ1) is 8.95. The van der Waals surface area contributed by atoms with E-state index in [1.165, 1.54) is 18.3 Å². The first-order valence-corrected chi connectivity index (χ1v) is 6.97. The number of Topliss-reactive ketones (excluding diaryl/α,β-unsaturated/α-hetero) is 1. The summed E-state index contributed by atoms with van der Waals surface area (Å²) in [6.45, 7) is 1.43. The van der Waals surface area contributed by atoms with E-state index in [9.17, 15) is 9.59 Å². The van der Waals surface area contributed by atoms with Gasteiger partial charge in [0, 0.05) is 28.0 Å². The number of benzene rings is 1. The van der Waals surface area contributed by atoms with Crippen molar-refractivity contribution in [3.8, 4) is 0 Å². The molecule has 1 amide bonds. The van der Waals surface area contributed by atoms with E-state index in [1.807, 2.05) is 0 Å². The Morgan fingerprint density at radius 1 is 1.37 bits per heavy atom. The molecule has 3 N–H and O–H groups in total. The third-order valence-corrected chi connectivity index (χ3v) is 3.48. The second-order valence-electron chi connectivity index (χ2n) is 3.82. The van der Waals surface area contributed by atoms with Crippen LogP contribution in [-0.4, -0.2) is 16.7 Å². The zero-order valence-corrected chi connectivity index (χ0v) is 12.3. The molecule has 0 atom stereocenters. The molecule has 0 fully saturated rings. The molecule has 0 spiro atoms. The zero-order valence-electron chi connectivity index (χ0n) is 9.94. The first kappa shape index (κ1) is 13.7. The maximum absolute atomic E-state index is 12.0. The van der Waals surface area contributed by atoms with Crippen LogP contribution in [0.4, 0.5) is 10.8 Å². The van der Waals surface area contributed by atoms with Gasteiger partial charge in [0.1, 0.15) is 5.69 Å². The fraction of sp³-hybridized carbons (Fsp3) is 0.0833. The molecule has 0 unspecified atom stereocenters. The van der Waals surface area contributed by atoms with Gasteiger partial charge >= 0.3 is 0 Å². The first-order valence-electron chi connectivity index (χ1n) is 5.29. The number of halogens is 1. The fourth-order valence-corrected chi connectivity index (χ4v) is 2.66. The van der Waals surface area contributed by atoms with Crippen LogP contribution in [-0.2, 0) is 0 Å². The van der Waals surface area contributed by atoms with Crippen LogP contribution in [0.2, 0.25) is 0 Å². The normalized spacial score (nSPS) is 10.2. The molecule has 5 nitrogen and oxygen atoms in total. The van der Waals surface area contributed by atoms with Crippen molar-refractivity contribution >= 4 is 49.8 Å². The number of aromatic nitrogens is 1. The lowest BCUT2D eigenvalue weighted by atomic mass is 10.2. The lowest BCUT2D eigenvalue weighted by Gasteiger charge is -2.03. The van der Waals surface area contributed by atoms with Gasteiger partial charge in [-0.3, -0.25) is 14.9 Å². The van der Waals surface area contributed by atoms with Gasteiger partial charge in [0.25, 0.3) is 5.91 Å². The minimum atomic E-state index is -0.322. The number of hydrogen-bond acceptors (Lipinski definition) is 5. The molecule has 98 valence electrons. The number of carbonyl (C=O) groups is 2. The van der Waals surface area contributed by atoms with Gasteiger partial charge in [0.2, 0.25) is 0 Å². The summed E-state index contributed by atoms with van der Waals surface area (Å²) >= 11 is 4.47. The number of nitrogens with one attached hydrogen (secondary N) is 1. The molecule has 2 rings (SSSR count). The Hall–Kier alpha value is -1.73. The number of rotatable bonds is 3. The largest absolute Gasteiger partial charge is 0.399 e. The molecule has 0 aliphatic rings. The van der Waals surface area contributed by atoms with E-state index in [0.29, 0.717) is 22.1 Å². The van der Waals surface area contributed by atoms with Gasteiger partial charge in [-0.05, 0) is 18.2 Å². The number of nitrogens with two attached hydrogens (primary N) is 1. The fourth-order valence-electron chi connectivity index (χ4n) is 1.41. The smallest absolute Gasteiger partial charge is 0.257 e. The van der Waals surface area contributed by atoms with Crippen molar-refractivity contribution in [2.24, 2.45) is 0 Å². The molecule has 1 aromatic heterocycles. The number of nitrogen functional groups attached to an aromatic ring is 1. The number of nitrogens with zero attached hydrogens (tertiary/aromatic N) is 1. The minimum absolute atomic E-state index is 0.136. The molecule has 19 heavy (non-hydrogen) atoms. The molecule has 0 saturated carbocycles. The van der Waals surface area contributed by atoms with Crippen molar-refractivity contribution in [3.63, 3.8) is 0 Å². The monoisotopic (exact) mass is 339 g/mol. The number of anilines is 2. The Balaban J connectivity index is 2.18. The molecular formula is C12H10BrN3O2S. The van der Waals surface area contributed by atoms with Crippen LogP contribution < -0.4 is 11.1 Å². The molecular weight excluding hydrogens is 330 g/mol. The molecule has 2 aromatic rings. The summed E-state index contributed by atoms with van der Waals surface area (Å²) in [6.07, 6.45) is 0. The van der Waals surface area contributed by atoms with Crippen LogP contribution in [0.25, 0.3) is 0 Å². The molecule has 0 aliphatic carbocycles. The SMILES string of the molecule is CC(=O)c1csc(NC(=O)c2cc(N)cc(Br)c2)n1. The van der Waals surface area contributed by atoms with E-state index in [0.717, 1.165) is 4.47 Å². The van der Waals surface area contributed by atoms with Crippen molar-refractivity contribution in [2.45, 2.75) is 6.92 Å². The summed E-state index contributed by atoms with van der Waals surface area (Å²) in [4.78, 5) is 27.1. The highest BCUT2D eigenvalue weighted by Crippen LogP contribution is 2.20. The Kier molecular flexibility index (Phi) is 3.96. The molecule has 1 heterocycles. The van der Waals surface area contributed by atoms with Gasteiger partial charge < -0.3 is 5.73 Å². The van der Waals surface area contributed by atoms with Crippen molar-refractivity contribution in [3.05, 3.63) is 39.3 Å². The molecule has 0 saturated heterocycles. The van der Waals surface area contributed by atoms with Crippen LogP contribution in [0.1, 0.15) is 27.8 Å². The van der Waals surface area contributed by atoms with E-state index in [-0.39, 0.29) is 11.7 Å². The third-order valence-electron chi connectivity index (χ3n) is 2.27. The van der Waals surface area contributed by atoms with Crippen molar-refractivity contribution in [1.29, 1.82) is 0 Å². The van der Waals surface area contributed by atoms with E-state index in [4.69, 9.17) is 5.73 Å². The van der Waals surface area contributed by atoms with Crippen molar-refractivity contribution in [2.75, 3.05) is 11.1 Å². The number of hydrogen-bond donors (Lipinski definition) is 2. The average Bonchev–Trinajstić information content (AvgIpc) is 2.76. The number of ketones is 1. The van der Waals surface area contributed by atoms with Crippen molar-refractivity contribution < 1.29 is 9.59 Å². The Morgan fingerprint density at radius 2 is 2.11 bits per heavy atom. The lowest BCUT2D eigenvalue weighted by molar-refractivity contribution is 0.100. The Bertz CT molecular complexity index is 634. The van der Waals surface area contributed by atoms with Crippen LogP contribution in [0.3, 0.4) is 0 Å². The highest BCUT2D eigenvalue weighted by atomic mass is 79.9. The van der Waals surface area contributed by atoms with Gasteiger partial charge in [-0.2, -0.15) is 0 Å². The van der Waals surface area contributed by atoms with Crippen molar-refractivity contribution in [1.82, 2.24) is 4.98 Å². The number of carbonyl (C=O) groups excluding carboxylic acids is 2. The topological polar surface area (TPSA) is 85.1 Å². The van der Waals surface area contributed by atoms with Gasteiger partial charge in [0.15, 0.2) is 10.9 Å². The molecule has 1 aromatic carbocycles. The molecule has 0 radical (unpaired) electrons. The van der Waals surface area contributed by atoms with Crippen LogP contribution in [0.5, 0.6) is 0 Å². The maximum Gasteiger partial charge on any atom is 0.257 e. The number of thiazole rings is 1. The number of amides is 1. The summed E-state index contributed by atoms with van der Waals surface area (Å²) in [5.74, 6) is -0.457. The highest BCUT2D eigenvalue weighted by Gasteiger charge is 2.11. The molecule has 0 bridgehead atoms. The van der Waals surface area contributed by atoms with Crippen LogP contribution in [0.15, 0.2) is 28.1 Å². The standard InChI is InChI=1S/C12H10BrN3O2S/c1-6(17)10-5-19-12(15-10)16-11(18)7-2-8(13)4-9(14)3-7/h2-5H,14H2,1H3,(H,15,16,18). The maximum atomic E-state index is 12.0. The lowest BCUT2D eigenvalue weighted by Crippen LogP contribution is -2.12. The third kappa shape index (κ3) is 3.39. The summed E-state index contributed by atoms with van der Waals surface area (Å²) in [7, 11) is 0. The van der Waals surface area contributed by atoms with E-state index < -0.39 is 0 Å². The van der Waals surface area contributed by atoms with Crippen LogP contribution in [0, 0.1) is 0 Å². The average molecular weight is 340 g/mol. The van der Waals surface area contributed by atoms with Gasteiger partial charge in [0.05, 0.1) is 0 Å². The predicted octanol–water partition coefficient (Wildman–Crippen LogP) is 2.94. The van der Waals surface area contributed by atoms with Crippen LogP contribution >= 0.6 is 27.3 Å². The second kappa shape index (κ2) is 5.50. The van der Waals surface area contributed by atoms with E-state index in [1.54, 1.807) is 23.6 Å². The highest BCUT2D eigenvalue weighted by molar-refractivity contribution is 9.10. The van der Waals surface area contributed by atoms with E-state index >= 15 is 0 Å². The quantitative estimate of drug-likeness (QED) is 0.665. The summed E-state index contributed by atoms with van der Waals surface area (Å²) in [6, 6.07) is 4.93. The molecule has 0 aliphatic heterocycles. The van der Waals surface area contributed by atoms with Gasteiger partial charge in [-0.25, -0.2) is 4.98 Å². The van der Waals surface area contributed by atoms with E-state index in [2.05, 4.69) is 26.2 Å². The predicted molar refractivity (Wildman–Crippen MR) is 78.6 cm³/mol. The molecule has 7 heteroatoms.